The lowest BCUT2D eigenvalue weighted by Crippen LogP contribution is -1.91. The standard InChI is InChI=1S/C47H27NO3/c1-3-11-28(12-4-1)32-25-37(30-13-5-2-6-14-30)48-38(26-32)31-21-19-29(20-22-31)36-27-42-44(43-35-16-8-10-18-40(35)51-47(36)43)45-41(49-42)24-23-34-33-15-7-9-17-39(33)50-46(34)45/h1-27H. The molecule has 4 heterocycles. The fourth-order valence-corrected chi connectivity index (χ4v) is 7.68. The van der Waals surface area contributed by atoms with Crippen molar-refractivity contribution >= 4 is 65.8 Å². The van der Waals surface area contributed by atoms with E-state index in [1.54, 1.807) is 0 Å². The monoisotopic (exact) mass is 653 g/mol. The number of nitrogens with zero attached hydrogens (tertiary/aromatic N) is 1. The van der Waals surface area contributed by atoms with Gasteiger partial charge in [-0.2, -0.15) is 0 Å². The first-order valence-electron chi connectivity index (χ1n) is 17.1. The van der Waals surface area contributed by atoms with Crippen LogP contribution in [0, 0.1) is 0 Å². The second-order valence-corrected chi connectivity index (χ2v) is 13.1. The number of hydrogen-bond acceptors (Lipinski definition) is 4. The molecule has 7 aromatic carbocycles. The third-order valence-electron chi connectivity index (χ3n) is 10.1. The average molecular weight is 654 g/mol. The smallest absolute Gasteiger partial charge is 0.147 e. The Labute approximate surface area is 291 Å². The van der Waals surface area contributed by atoms with E-state index in [1.807, 2.05) is 42.5 Å². The molecule has 0 saturated heterocycles. The van der Waals surface area contributed by atoms with Gasteiger partial charge in [0.1, 0.15) is 33.5 Å². The maximum absolute atomic E-state index is 6.70. The molecular formula is C47H27NO3. The molecule has 0 aliphatic carbocycles. The molecule has 0 aliphatic heterocycles. The van der Waals surface area contributed by atoms with Crippen molar-refractivity contribution in [3.05, 3.63) is 164 Å². The zero-order chi connectivity index (χ0) is 33.5. The van der Waals surface area contributed by atoms with Crippen LogP contribution < -0.4 is 0 Å². The van der Waals surface area contributed by atoms with Gasteiger partial charge in [-0.1, -0.05) is 121 Å². The van der Waals surface area contributed by atoms with Gasteiger partial charge in [0.2, 0.25) is 0 Å². The van der Waals surface area contributed by atoms with Crippen molar-refractivity contribution in [2.75, 3.05) is 0 Å². The van der Waals surface area contributed by atoms with Gasteiger partial charge < -0.3 is 13.3 Å². The van der Waals surface area contributed by atoms with Crippen LogP contribution in [0.25, 0.3) is 111 Å². The van der Waals surface area contributed by atoms with Crippen molar-refractivity contribution < 1.29 is 13.3 Å². The lowest BCUT2D eigenvalue weighted by atomic mass is 9.96. The highest BCUT2D eigenvalue weighted by molar-refractivity contribution is 6.33. The van der Waals surface area contributed by atoms with E-state index in [1.165, 1.54) is 0 Å². The van der Waals surface area contributed by atoms with Gasteiger partial charge in [-0.15, -0.1) is 0 Å². The molecule has 0 amide bonds. The molecular weight excluding hydrogens is 627 g/mol. The van der Waals surface area contributed by atoms with Crippen molar-refractivity contribution in [3.63, 3.8) is 0 Å². The van der Waals surface area contributed by atoms with Crippen molar-refractivity contribution in [1.29, 1.82) is 0 Å². The van der Waals surface area contributed by atoms with Gasteiger partial charge in [0, 0.05) is 43.6 Å². The number of pyridine rings is 1. The third-order valence-corrected chi connectivity index (χ3v) is 10.1. The molecule has 4 aromatic heterocycles. The summed E-state index contributed by atoms with van der Waals surface area (Å²) in [5.74, 6) is 0. The molecule has 0 atom stereocenters. The number of hydrogen-bond donors (Lipinski definition) is 0. The normalized spacial score (nSPS) is 11.9. The Bertz CT molecular complexity index is 3050. The van der Waals surface area contributed by atoms with E-state index in [9.17, 15) is 0 Å². The van der Waals surface area contributed by atoms with Crippen LogP contribution in [0.1, 0.15) is 0 Å². The topological polar surface area (TPSA) is 52.3 Å². The number of fused-ring (bicyclic) bond motifs is 11. The highest BCUT2D eigenvalue weighted by Gasteiger charge is 2.23. The Morgan fingerprint density at radius 3 is 1.65 bits per heavy atom. The summed E-state index contributed by atoms with van der Waals surface area (Å²) in [6, 6.07) is 56.5. The highest BCUT2D eigenvalue weighted by Crippen LogP contribution is 2.47. The van der Waals surface area contributed by atoms with E-state index >= 15 is 0 Å². The molecule has 0 radical (unpaired) electrons. The van der Waals surface area contributed by atoms with Crippen LogP contribution in [0.3, 0.4) is 0 Å². The number of rotatable bonds is 4. The van der Waals surface area contributed by atoms with Gasteiger partial charge in [0.15, 0.2) is 0 Å². The second-order valence-electron chi connectivity index (χ2n) is 13.1. The first-order valence-corrected chi connectivity index (χ1v) is 17.1. The van der Waals surface area contributed by atoms with Crippen LogP contribution >= 0.6 is 0 Å². The van der Waals surface area contributed by atoms with Crippen molar-refractivity contribution in [2.24, 2.45) is 0 Å². The van der Waals surface area contributed by atoms with Crippen LogP contribution in [-0.2, 0) is 0 Å². The van der Waals surface area contributed by atoms with Crippen LogP contribution in [0.15, 0.2) is 177 Å². The molecule has 4 nitrogen and oxygen atoms in total. The van der Waals surface area contributed by atoms with Gasteiger partial charge >= 0.3 is 0 Å². The van der Waals surface area contributed by atoms with Gasteiger partial charge in [-0.25, -0.2) is 4.98 Å². The average Bonchev–Trinajstić information content (AvgIpc) is 3.89. The van der Waals surface area contributed by atoms with Crippen LogP contribution in [0.5, 0.6) is 0 Å². The van der Waals surface area contributed by atoms with E-state index in [0.717, 1.165) is 111 Å². The summed E-state index contributed by atoms with van der Waals surface area (Å²) in [5.41, 5.74) is 13.2. The SMILES string of the molecule is c1ccc(-c2cc(-c3ccccc3)nc(-c3ccc(-c4cc5oc6ccc7c8ccccc8oc7c6c5c5c4oc4ccccc45)cc3)c2)cc1. The number of furan rings is 3. The zero-order valence-corrected chi connectivity index (χ0v) is 27.3. The number of para-hydroxylation sites is 2. The first-order chi connectivity index (χ1) is 25.3. The van der Waals surface area contributed by atoms with Gasteiger partial charge in [-0.3, -0.25) is 0 Å². The van der Waals surface area contributed by atoms with Crippen LogP contribution in [-0.4, -0.2) is 4.98 Å². The summed E-state index contributed by atoms with van der Waals surface area (Å²) < 4.78 is 19.8. The number of benzene rings is 7. The lowest BCUT2D eigenvalue weighted by molar-refractivity contribution is 0.660. The summed E-state index contributed by atoms with van der Waals surface area (Å²) in [6.45, 7) is 0. The minimum absolute atomic E-state index is 0.786. The predicted octanol–water partition coefficient (Wildman–Crippen LogP) is 13.4. The maximum Gasteiger partial charge on any atom is 0.147 e. The van der Waals surface area contributed by atoms with Crippen molar-refractivity contribution in [1.82, 2.24) is 4.98 Å². The van der Waals surface area contributed by atoms with E-state index in [2.05, 4.69) is 121 Å². The maximum atomic E-state index is 6.70. The molecule has 11 aromatic rings. The molecule has 0 saturated carbocycles. The second kappa shape index (κ2) is 10.8. The van der Waals surface area contributed by atoms with Crippen molar-refractivity contribution in [2.45, 2.75) is 0 Å². The predicted molar refractivity (Wildman–Crippen MR) is 208 cm³/mol. The molecule has 238 valence electrons. The summed E-state index contributed by atoms with van der Waals surface area (Å²) in [4.78, 5) is 5.14. The van der Waals surface area contributed by atoms with Gasteiger partial charge in [-0.05, 0) is 59.2 Å². The molecule has 0 bridgehead atoms. The van der Waals surface area contributed by atoms with E-state index in [-0.39, 0.29) is 0 Å². The Hall–Kier alpha value is -6.91. The third kappa shape index (κ3) is 4.30. The highest BCUT2D eigenvalue weighted by atomic mass is 16.3. The van der Waals surface area contributed by atoms with Gasteiger partial charge in [0.05, 0.1) is 16.8 Å². The molecule has 0 N–H and O–H groups in total. The van der Waals surface area contributed by atoms with Crippen LogP contribution in [0.4, 0.5) is 0 Å². The molecule has 0 spiro atoms. The fourth-order valence-electron chi connectivity index (χ4n) is 7.68. The molecule has 51 heavy (non-hydrogen) atoms. The molecule has 11 rings (SSSR count). The minimum Gasteiger partial charge on any atom is -0.456 e. The zero-order valence-electron chi connectivity index (χ0n) is 27.3. The summed E-state index contributed by atoms with van der Waals surface area (Å²) in [5, 5.41) is 6.21. The molecule has 0 unspecified atom stereocenters. The Balaban J connectivity index is 1.11. The largest absolute Gasteiger partial charge is 0.456 e. The van der Waals surface area contributed by atoms with Gasteiger partial charge in [0.25, 0.3) is 0 Å². The molecule has 0 fully saturated rings. The quantitative estimate of drug-likeness (QED) is 0.190. The molecule has 4 heteroatoms. The summed E-state index contributed by atoms with van der Waals surface area (Å²) in [6.07, 6.45) is 0. The Morgan fingerprint density at radius 2 is 0.902 bits per heavy atom. The summed E-state index contributed by atoms with van der Waals surface area (Å²) in [7, 11) is 0. The first kappa shape index (κ1) is 28.0. The van der Waals surface area contributed by atoms with Crippen LogP contribution in [0.2, 0.25) is 0 Å². The minimum atomic E-state index is 0.786. The van der Waals surface area contributed by atoms with E-state index in [4.69, 9.17) is 18.2 Å². The lowest BCUT2D eigenvalue weighted by Gasteiger charge is -2.11. The van der Waals surface area contributed by atoms with Crippen molar-refractivity contribution in [3.8, 4) is 44.8 Å². The molecule has 0 aliphatic rings. The fraction of sp³-hybridized carbons (Fsp3) is 0. The summed E-state index contributed by atoms with van der Waals surface area (Å²) >= 11 is 0. The Kier molecular flexibility index (Phi) is 5.92. The number of aromatic nitrogens is 1. The Morgan fingerprint density at radius 1 is 0.314 bits per heavy atom. The van der Waals surface area contributed by atoms with E-state index < -0.39 is 0 Å². The van der Waals surface area contributed by atoms with E-state index in [0.29, 0.717) is 0 Å².